The first-order valence-electron chi connectivity index (χ1n) is 21.9. The Bertz CT molecular complexity index is 2460. The zero-order valence-corrected chi connectivity index (χ0v) is 37.1. The summed E-state index contributed by atoms with van der Waals surface area (Å²) in [5, 5.41) is 8.36. The van der Waals surface area contributed by atoms with Crippen LogP contribution in [-0.2, 0) is 45.5 Å². The molecule has 66 heavy (non-hydrogen) atoms. The van der Waals surface area contributed by atoms with E-state index in [2.05, 4.69) is 16.0 Å². The molecule has 6 aromatic carbocycles. The van der Waals surface area contributed by atoms with Gasteiger partial charge in [-0.05, 0) is 71.7 Å². The van der Waals surface area contributed by atoms with Crippen LogP contribution in [-0.4, -0.2) is 60.9 Å². The van der Waals surface area contributed by atoms with Crippen molar-refractivity contribution in [2.45, 2.75) is 69.4 Å². The molecule has 2 atom stereocenters. The molecule has 0 radical (unpaired) electrons. The van der Waals surface area contributed by atoms with Crippen LogP contribution < -0.4 is 16.0 Å². The van der Waals surface area contributed by atoms with Crippen molar-refractivity contribution in [2.75, 3.05) is 13.2 Å². The van der Waals surface area contributed by atoms with Gasteiger partial charge in [-0.15, -0.1) is 0 Å². The van der Waals surface area contributed by atoms with Crippen LogP contribution >= 0.6 is 0 Å². The fourth-order valence-electron chi connectivity index (χ4n) is 8.07. The number of amides is 3. The van der Waals surface area contributed by atoms with Crippen LogP contribution in [0, 0.1) is 0 Å². The van der Waals surface area contributed by atoms with Crippen molar-refractivity contribution in [3.8, 4) is 11.1 Å². The molecule has 338 valence electrons. The zero-order valence-electron chi connectivity index (χ0n) is 37.1. The number of carbonyl (C=O) groups excluding carboxylic acids is 5. The summed E-state index contributed by atoms with van der Waals surface area (Å²) in [7, 11) is 0. The van der Waals surface area contributed by atoms with Gasteiger partial charge in [0, 0.05) is 12.3 Å². The van der Waals surface area contributed by atoms with E-state index < -0.39 is 59.9 Å². The third-order valence-corrected chi connectivity index (χ3v) is 11.1. The minimum absolute atomic E-state index is 0.0367. The van der Waals surface area contributed by atoms with Crippen LogP contribution in [0.2, 0.25) is 0 Å². The molecule has 0 saturated heterocycles. The Balaban J connectivity index is 1.12. The Morgan fingerprint density at radius 1 is 0.530 bits per heavy atom. The number of alkyl carbamates (subject to hydrolysis) is 2. The molecule has 7 rings (SSSR count). The number of rotatable bonds is 17. The largest absolute Gasteiger partial charge is 0.461 e. The number of fused-ring (bicyclic) bond motifs is 3. The summed E-state index contributed by atoms with van der Waals surface area (Å²) < 4.78 is 22.4. The van der Waals surface area contributed by atoms with E-state index in [1.165, 1.54) is 0 Å². The first-order chi connectivity index (χ1) is 31.9. The maximum Gasteiger partial charge on any atom is 0.408 e. The number of ether oxygens (including phenoxy) is 4. The smallest absolute Gasteiger partial charge is 0.408 e. The number of esters is 2. The average molecular weight is 888 g/mol. The quantitative estimate of drug-likeness (QED) is 0.0462. The minimum Gasteiger partial charge on any atom is -0.461 e. The molecule has 12 nitrogen and oxygen atoms in total. The van der Waals surface area contributed by atoms with Gasteiger partial charge in [-0.2, -0.15) is 0 Å². The van der Waals surface area contributed by atoms with E-state index in [1.54, 1.807) is 45.0 Å². The predicted molar refractivity (Wildman–Crippen MR) is 249 cm³/mol. The van der Waals surface area contributed by atoms with Crippen molar-refractivity contribution in [1.29, 1.82) is 0 Å². The van der Waals surface area contributed by atoms with Gasteiger partial charge in [-0.1, -0.05) is 170 Å². The van der Waals surface area contributed by atoms with Gasteiger partial charge in [0.1, 0.15) is 37.0 Å². The molecule has 0 fully saturated rings. The van der Waals surface area contributed by atoms with Crippen molar-refractivity contribution < 1.29 is 42.9 Å². The van der Waals surface area contributed by atoms with Crippen LogP contribution in [0.4, 0.5) is 9.59 Å². The number of nitrogens with one attached hydrogen (secondary N) is 3. The first kappa shape index (κ1) is 46.3. The van der Waals surface area contributed by atoms with E-state index >= 15 is 0 Å². The Morgan fingerprint density at radius 3 is 1.50 bits per heavy atom. The van der Waals surface area contributed by atoms with Crippen molar-refractivity contribution in [1.82, 2.24) is 16.0 Å². The Labute approximate surface area is 384 Å². The van der Waals surface area contributed by atoms with E-state index in [9.17, 15) is 24.0 Å². The molecular weight excluding hydrogens is 835 g/mol. The summed E-state index contributed by atoms with van der Waals surface area (Å²) >= 11 is 0. The third-order valence-electron chi connectivity index (χ3n) is 11.1. The molecule has 3 amide bonds. The Kier molecular flexibility index (Phi) is 14.9. The van der Waals surface area contributed by atoms with E-state index in [0.29, 0.717) is 5.56 Å². The number of benzene rings is 6. The molecule has 0 heterocycles. The molecule has 0 bridgehead atoms. The summed E-state index contributed by atoms with van der Waals surface area (Å²) in [5.74, 6) is -2.57. The molecule has 0 unspecified atom stereocenters. The maximum absolute atomic E-state index is 14.4. The summed E-state index contributed by atoms with van der Waals surface area (Å²) in [5.41, 5.74) is 5.13. The fraction of sp³-hybridized carbons (Fsp3) is 0.241. The highest BCUT2D eigenvalue weighted by atomic mass is 16.6. The molecule has 3 N–H and O–H groups in total. The first-order valence-corrected chi connectivity index (χ1v) is 21.9. The van der Waals surface area contributed by atoms with Gasteiger partial charge in [0.2, 0.25) is 5.91 Å². The Morgan fingerprint density at radius 2 is 0.985 bits per heavy atom. The van der Waals surface area contributed by atoms with Gasteiger partial charge in [0.25, 0.3) is 0 Å². The van der Waals surface area contributed by atoms with E-state index in [1.807, 2.05) is 146 Å². The minimum atomic E-state index is -1.49. The number of hydrogen-bond donors (Lipinski definition) is 3. The number of carbonyl (C=O) groups is 5. The third kappa shape index (κ3) is 11.5. The highest BCUT2D eigenvalue weighted by molar-refractivity contribution is 5.85. The van der Waals surface area contributed by atoms with Gasteiger partial charge < -0.3 is 34.9 Å². The van der Waals surface area contributed by atoms with Crippen molar-refractivity contribution in [3.05, 3.63) is 203 Å². The highest BCUT2D eigenvalue weighted by Gasteiger charge is 2.39. The predicted octanol–water partition coefficient (Wildman–Crippen LogP) is 8.96. The second-order valence-corrected chi connectivity index (χ2v) is 16.9. The van der Waals surface area contributed by atoms with Crippen LogP contribution in [0.1, 0.15) is 72.9 Å². The maximum atomic E-state index is 14.4. The molecule has 0 saturated carbocycles. The van der Waals surface area contributed by atoms with E-state index in [4.69, 9.17) is 18.9 Å². The topological polar surface area (TPSA) is 158 Å². The molecule has 1 aliphatic rings. The van der Waals surface area contributed by atoms with Crippen LogP contribution in [0.3, 0.4) is 0 Å². The van der Waals surface area contributed by atoms with Gasteiger partial charge in [-0.3, -0.25) is 4.79 Å². The molecule has 12 heteroatoms. The van der Waals surface area contributed by atoms with E-state index in [-0.39, 0.29) is 32.0 Å². The second kappa shape index (κ2) is 21.3. The van der Waals surface area contributed by atoms with Gasteiger partial charge in [-0.25, -0.2) is 19.2 Å². The molecule has 6 aromatic rings. The van der Waals surface area contributed by atoms with Crippen molar-refractivity contribution >= 4 is 30.0 Å². The van der Waals surface area contributed by atoms with Gasteiger partial charge in [0.15, 0.2) is 6.04 Å². The SMILES string of the molecule is CC(C)(C)OC(=O)N[C@@H](COC(=O)[C@H](CCC(=O)NC(c1ccccc1)(c1ccccc1)c1ccccc1)NC(=O)OCC1c2ccccc2-c2ccccc21)C(=O)OCc1ccccc1. The molecule has 0 aliphatic heterocycles. The van der Waals surface area contributed by atoms with Crippen LogP contribution in [0.5, 0.6) is 0 Å². The zero-order chi connectivity index (χ0) is 46.5. The monoisotopic (exact) mass is 887 g/mol. The van der Waals surface area contributed by atoms with Crippen LogP contribution in [0.15, 0.2) is 170 Å². The normalized spacial score (nSPS) is 12.9. The summed E-state index contributed by atoms with van der Waals surface area (Å²) in [6.45, 7) is 4.15. The standard InChI is InChI=1S/C54H53N3O9/c1-53(2,3)66-52(62)56-47(50(60)63-34-37-20-8-4-9-21-37)36-64-49(59)46(55-51(61)65-35-45-43-30-18-16-28-41(43)42-29-17-19-31-44(42)45)32-33-48(58)57-54(38-22-10-5-11-23-38,39-24-12-6-13-25-39)40-26-14-7-15-27-40/h4-31,45-47H,32-36H2,1-3H3,(H,55,61)(H,56,62)(H,57,58)/t46-,47-/m0/s1. The number of hydrogen-bond acceptors (Lipinski definition) is 9. The van der Waals surface area contributed by atoms with Crippen molar-refractivity contribution in [2.24, 2.45) is 0 Å². The lowest BCUT2D eigenvalue weighted by atomic mass is 9.77. The second-order valence-electron chi connectivity index (χ2n) is 16.9. The lowest BCUT2D eigenvalue weighted by Gasteiger charge is -2.37. The average Bonchev–Trinajstić information content (AvgIpc) is 3.65. The molecule has 0 spiro atoms. The van der Waals surface area contributed by atoms with E-state index in [0.717, 1.165) is 38.9 Å². The Hall–Kier alpha value is -7.73. The van der Waals surface area contributed by atoms with Gasteiger partial charge >= 0.3 is 24.1 Å². The molecule has 1 aliphatic carbocycles. The molecule has 0 aromatic heterocycles. The van der Waals surface area contributed by atoms with Gasteiger partial charge in [0.05, 0.1) is 0 Å². The lowest BCUT2D eigenvalue weighted by Crippen LogP contribution is -2.50. The van der Waals surface area contributed by atoms with Crippen molar-refractivity contribution in [3.63, 3.8) is 0 Å². The molecular formula is C54H53N3O9. The van der Waals surface area contributed by atoms with Crippen LogP contribution in [0.25, 0.3) is 11.1 Å². The summed E-state index contributed by atoms with van der Waals surface area (Å²) in [4.78, 5) is 68.6. The summed E-state index contributed by atoms with van der Waals surface area (Å²) in [6, 6.07) is 50.5. The highest BCUT2D eigenvalue weighted by Crippen LogP contribution is 2.44. The fourth-order valence-corrected chi connectivity index (χ4v) is 8.07. The summed E-state index contributed by atoms with van der Waals surface area (Å²) in [6.07, 6.45) is -2.34. The lowest BCUT2D eigenvalue weighted by molar-refractivity contribution is -0.154.